The van der Waals surface area contributed by atoms with Gasteiger partial charge >= 0.3 is 0 Å². The Balaban J connectivity index is 1.82. The van der Waals surface area contributed by atoms with Crippen molar-refractivity contribution < 1.29 is 4.79 Å². The molecular formula is C18H27N3O. The van der Waals surface area contributed by atoms with Crippen LogP contribution in [0.3, 0.4) is 0 Å². The molecule has 2 N–H and O–H groups in total. The van der Waals surface area contributed by atoms with E-state index in [0.29, 0.717) is 5.92 Å². The highest BCUT2D eigenvalue weighted by Gasteiger charge is 2.29. The van der Waals surface area contributed by atoms with Crippen molar-refractivity contribution in [1.82, 2.24) is 5.43 Å². The van der Waals surface area contributed by atoms with Gasteiger partial charge in [0.25, 0.3) is 5.91 Å². The molecule has 120 valence electrons. The third kappa shape index (κ3) is 5.17. The summed E-state index contributed by atoms with van der Waals surface area (Å²) >= 11 is 0. The third-order valence-corrected chi connectivity index (χ3v) is 4.01. The largest absolute Gasteiger partial charge is 0.376 e. The second-order valence-electron chi connectivity index (χ2n) is 7.29. The number of carbonyl (C=O) groups is 1. The topological polar surface area (TPSA) is 53.5 Å². The predicted octanol–water partition coefficient (Wildman–Crippen LogP) is 3.73. The SMILES string of the molecule is Cc1ccc(NCC(=O)N/N=C2/C[C@@H](C)CC(C)(C)C2)cc1. The number of nitrogens with zero attached hydrogens (tertiary/aromatic N) is 1. The second-order valence-corrected chi connectivity index (χ2v) is 7.29. The monoisotopic (exact) mass is 301 g/mol. The van der Waals surface area contributed by atoms with Gasteiger partial charge in [0.2, 0.25) is 0 Å². The fraction of sp³-hybridized carbons (Fsp3) is 0.556. The second kappa shape index (κ2) is 6.95. The summed E-state index contributed by atoms with van der Waals surface area (Å²) in [5, 5.41) is 7.44. The molecule has 0 heterocycles. The lowest BCUT2D eigenvalue weighted by Gasteiger charge is -2.34. The van der Waals surface area contributed by atoms with Crippen molar-refractivity contribution in [2.75, 3.05) is 11.9 Å². The Labute approximate surface area is 133 Å². The summed E-state index contributed by atoms with van der Waals surface area (Å²) in [5.41, 5.74) is 6.21. The van der Waals surface area contributed by atoms with E-state index in [2.05, 4.69) is 36.6 Å². The molecule has 0 bridgehead atoms. The third-order valence-electron chi connectivity index (χ3n) is 4.01. The molecule has 1 saturated carbocycles. The van der Waals surface area contributed by atoms with Crippen molar-refractivity contribution in [2.24, 2.45) is 16.4 Å². The fourth-order valence-electron chi connectivity index (χ4n) is 3.23. The zero-order valence-corrected chi connectivity index (χ0v) is 14.1. The van der Waals surface area contributed by atoms with E-state index in [9.17, 15) is 4.79 Å². The highest BCUT2D eigenvalue weighted by Crippen LogP contribution is 2.36. The van der Waals surface area contributed by atoms with Crippen LogP contribution in [-0.4, -0.2) is 18.2 Å². The van der Waals surface area contributed by atoms with Gasteiger partial charge in [0.15, 0.2) is 0 Å². The lowest BCUT2D eigenvalue weighted by atomic mass is 9.72. The smallest absolute Gasteiger partial charge is 0.259 e. The number of anilines is 1. The maximum absolute atomic E-state index is 11.9. The van der Waals surface area contributed by atoms with Gasteiger partial charge in [-0.15, -0.1) is 0 Å². The number of aryl methyl sites for hydroxylation is 1. The molecule has 1 amide bonds. The van der Waals surface area contributed by atoms with Crippen LogP contribution in [-0.2, 0) is 4.79 Å². The molecule has 0 unspecified atom stereocenters. The Morgan fingerprint density at radius 1 is 1.32 bits per heavy atom. The van der Waals surface area contributed by atoms with Gasteiger partial charge in [-0.1, -0.05) is 38.5 Å². The predicted molar refractivity (Wildman–Crippen MR) is 92.0 cm³/mol. The average molecular weight is 301 g/mol. The zero-order chi connectivity index (χ0) is 16.2. The molecule has 0 radical (unpaired) electrons. The number of hydrogen-bond acceptors (Lipinski definition) is 3. The Kier molecular flexibility index (Phi) is 5.22. The molecule has 1 aliphatic rings. The van der Waals surface area contributed by atoms with E-state index in [-0.39, 0.29) is 17.9 Å². The maximum Gasteiger partial charge on any atom is 0.259 e. The Morgan fingerprint density at radius 2 is 2.00 bits per heavy atom. The summed E-state index contributed by atoms with van der Waals surface area (Å²) in [5.74, 6) is 0.522. The molecule has 1 aliphatic carbocycles. The summed E-state index contributed by atoms with van der Waals surface area (Å²) < 4.78 is 0. The van der Waals surface area contributed by atoms with Gasteiger partial charge in [-0.05, 0) is 49.7 Å². The van der Waals surface area contributed by atoms with Crippen molar-refractivity contribution in [3.05, 3.63) is 29.8 Å². The average Bonchev–Trinajstić information content (AvgIpc) is 2.42. The summed E-state index contributed by atoms with van der Waals surface area (Å²) in [6, 6.07) is 7.98. The van der Waals surface area contributed by atoms with Gasteiger partial charge in [-0.25, -0.2) is 5.43 Å². The molecular weight excluding hydrogens is 274 g/mol. The Hall–Kier alpha value is -1.84. The van der Waals surface area contributed by atoms with Crippen molar-refractivity contribution >= 4 is 17.3 Å². The molecule has 4 nitrogen and oxygen atoms in total. The first-order valence-electron chi connectivity index (χ1n) is 7.99. The van der Waals surface area contributed by atoms with Crippen LogP contribution >= 0.6 is 0 Å². The first kappa shape index (κ1) is 16.5. The standard InChI is InChI=1S/C18H27N3O/c1-13-5-7-15(8-6-13)19-12-17(22)21-20-16-9-14(2)10-18(3,4)11-16/h5-8,14,19H,9-12H2,1-4H3,(H,21,22)/b20-16-/t14-/m1/s1. The minimum Gasteiger partial charge on any atom is -0.376 e. The number of hydrogen-bond donors (Lipinski definition) is 2. The first-order chi connectivity index (χ1) is 10.3. The van der Waals surface area contributed by atoms with E-state index in [4.69, 9.17) is 0 Å². The molecule has 0 saturated heterocycles. The number of amides is 1. The molecule has 4 heteroatoms. The summed E-state index contributed by atoms with van der Waals surface area (Å²) in [7, 11) is 0. The van der Waals surface area contributed by atoms with Crippen molar-refractivity contribution in [1.29, 1.82) is 0 Å². The van der Waals surface area contributed by atoms with Gasteiger partial charge < -0.3 is 5.32 Å². The number of benzene rings is 1. The number of hydrazone groups is 1. The molecule has 0 spiro atoms. The van der Waals surface area contributed by atoms with E-state index < -0.39 is 0 Å². The van der Waals surface area contributed by atoms with Gasteiger partial charge in [0, 0.05) is 11.4 Å². The van der Waals surface area contributed by atoms with Gasteiger partial charge in [0.05, 0.1) is 6.54 Å². The van der Waals surface area contributed by atoms with E-state index in [0.717, 1.165) is 24.2 Å². The van der Waals surface area contributed by atoms with Crippen LogP contribution in [0.5, 0.6) is 0 Å². The fourth-order valence-corrected chi connectivity index (χ4v) is 3.23. The van der Waals surface area contributed by atoms with Crippen LogP contribution in [0, 0.1) is 18.3 Å². The molecule has 1 atom stereocenters. The lowest BCUT2D eigenvalue weighted by molar-refractivity contribution is -0.119. The Morgan fingerprint density at radius 3 is 2.64 bits per heavy atom. The van der Waals surface area contributed by atoms with Crippen molar-refractivity contribution in [2.45, 2.75) is 47.0 Å². The molecule has 1 aromatic carbocycles. The number of nitrogens with one attached hydrogen (secondary N) is 2. The lowest BCUT2D eigenvalue weighted by Crippen LogP contribution is -2.31. The van der Waals surface area contributed by atoms with E-state index in [1.54, 1.807) is 0 Å². The van der Waals surface area contributed by atoms with E-state index in [1.807, 2.05) is 31.2 Å². The van der Waals surface area contributed by atoms with E-state index in [1.165, 1.54) is 12.0 Å². The molecule has 0 aromatic heterocycles. The van der Waals surface area contributed by atoms with Crippen LogP contribution in [0.25, 0.3) is 0 Å². The van der Waals surface area contributed by atoms with Gasteiger partial charge in [-0.3, -0.25) is 4.79 Å². The van der Waals surface area contributed by atoms with Crippen LogP contribution in [0.15, 0.2) is 29.4 Å². The Bertz CT molecular complexity index is 546. The summed E-state index contributed by atoms with van der Waals surface area (Å²) in [6.45, 7) is 9.05. The molecule has 22 heavy (non-hydrogen) atoms. The van der Waals surface area contributed by atoms with Crippen LogP contribution < -0.4 is 10.7 Å². The van der Waals surface area contributed by atoms with Crippen molar-refractivity contribution in [3.63, 3.8) is 0 Å². The molecule has 1 fully saturated rings. The summed E-state index contributed by atoms with van der Waals surface area (Å²) in [6.07, 6.45) is 3.16. The molecule has 1 aromatic rings. The van der Waals surface area contributed by atoms with Crippen LogP contribution in [0.1, 0.15) is 45.6 Å². The minimum atomic E-state index is -0.107. The van der Waals surface area contributed by atoms with Gasteiger partial charge in [-0.2, -0.15) is 5.10 Å². The highest BCUT2D eigenvalue weighted by atomic mass is 16.2. The van der Waals surface area contributed by atoms with Crippen LogP contribution in [0.2, 0.25) is 0 Å². The first-order valence-corrected chi connectivity index (χ1v) is 7.99. The van der Waals surface area contributed by atoms with Crippen LogP contribution in [0.4, 0.5) is 5.69 Å². The zero-order valence-electron chi connectivity index (χ0n) is 14.1. The number of rotatable bonds is 4. The highest BCUT2D eigenvalue weighted by molar-refractivity contribution is 5.88. The summed E-state index contributed by atoms with van der Waals surface area (Å²) in [4.78, 5) is 11.9. The molecule has 0 aliphatic heterocycles. The van der Waals surface area contributed by atoms with E-state index >= 15 is 0 Å². The minimum absolute atomic E-state index is 0.107. The quantitative estimate of drug-likeness (QED) is 0.833. The molecule has 2 rings (SSSR count). The normalized spacial score (nSPS) is 22.4. The van der Waals surface area contributed by atoms with Gasteiger partial charge in [0.1, 0.15) is 0 Å². The number of carbonyl (C=O) groups excluding carboxylic acids is 1. The van der Waals surface area contributed by atoms with Crippen molar-refractivity contribution in [3.8, 4) is 0 Å². The maximum atomic E-state index is 11.9.